The molecular formula is C13H21N3O2S. The van der Waals surface area contributed by atoms with Gasteiger partial charge in [-0.05, 0) is 50.9 Å². The lowest BCUT2D eigenvalue weighted by Gasteiger charge is -2.32. The zero-order valence-corrected chi connectivity index (χ0v) is 12.1. The highest BCUT2D eigenvalue weighted by atomic mass is 32.2. The Labute approximate surface area is 114 Å². The molecular weight excluding hydrogens is 262 g/mol. The van der Waals surface area contributed by atoms with Crippen molar-refractivity contribution in [3.8, 4) is 0 Å². The van der Waals surface area contributed by atoms with Crippen LogP contribution in [0.4, 0.5) is 11.4 Å². The summed E-state index contributed by atoms with van der Waals surface area (Å²) in [6.07, 6.45) is 3.82. The Morgan fingerprint density at radius 1 is 1.37 bits per heavy atom. The van der Waals surface area contributed by atoms with Crippen LogP contribution in [0.2, 0.25) is 0 Å². The van der Waals surface area contributed by atoms with Crippen LogP contribution in [0.5, 0.6) is 0 Å². The topological polar surface area (TPSA) is 84.2 Å². The molecule has 1 saturated carbocycles. The van der Waals surface area contributed by atoms with Gasteiger partial charge >= 0.3 is 0 Å². The minimum atomic E-state index is -3.49. The van der Waals surface area contributed by atoms with Crippen LogP contribution in [0, 0.1) is 5.92 Å². The lowest BCUT2D eigenvalue weighted by molar-refractivity contribution is 0.285. The second-order valence-corrected chi connectivity index (χ2v) is 6.94. The van der Waals surface area contributed by atoms with E-state index in [1.807, 2.05) is 0 Å². The smallest absolute Gasteiger partial charge is 0.242 e. The van der Waals surface area contributed by atoms with Gasteiger partial charge in [0.05, 0.1) is 5.69 Å². The van der Waals surface area contributed by atoms with Crippen LogP contribution in [-0.4, -0.2) is 21.5 Å². The molecule has 1 aliphatic carbocycles. The Kier molecular flexibility index (Phi) is 4.01. The van der Waals surface area contributed by atoms with Crippen molar-refractivity contribution in [1.29, 1.82) is 0 Å². The highest BCUT2D eigenvalue weighted by Gasteiger charge is 2.24. The molecule has 1 unspecified atom stereocenters. The summed E-state index contributed by atoms with van der Waals surface area (Å²) in [4.78, 5) is 0.122. The van der Waals surface area contributed by atoms with Gasteiger partial charge in [0.15, 0.2) is 0 Å². The zero-order chi connectivity index (χ0) is 14.0. The third kappa shape index (κ3) is 3.01. The third-order valence-corrected chi connectivity index (χ3v) is 5.31. The van der Waals surface area contributed by atoms with E-state index in [9.17, 15) is 8.42 Å². The number of nitrogens with two attached hydrogens (primary N) is 1. The second-order valence-electron chi connectivity index (χ2n) is 5.08. The van der Waals surface area contributed by atoms with Crippen LogP contribution >= 0.6 is 0 Å². The number of anilines is 2. The molecule has 0 spiro atoms. The molecule has 19 heavy (non-hydrogen) atoms. The lowest BCUT2D eigenvalue weighted by Crippen LogP contribution is -2.30. The average molecular weight is 283 g/mol. The summed E-state index contributed by atoms with van der Waals surface area (Å²) in [6, 6.07) is 5.37. The van der Waals surface area contributed by atoms with Gasteiger partial charge in [-0.15, -0.1) is 0 Å². The summed E-state index contributed by atoms with van der Waals surface area (Å²) in [5.41, 5.74) is 6.95. The molecule has 0 saturated heterocycles. The highest BCUT2D eigenvalue weighted by molar-refractivity contribution is 7.89. The predicted octanol–water partition coefficient (Wildman–Crippen LogP) is 1.78. The minimum absolute atomic E-state index is 0.122. The molecule has 0 aromatic heterocycles. The van der Waals surface area contributed by atoms with Gasteiger partial charge in [-0.3, -0.25) is 0 Å². The van der Waals surface area contributed by atoms with E-state index in [0.29, 0.717) is 12.0 Å². The SMILES string of the molecule is CNS(=O)(=O)c1ccc(NC(C)C2CCC2)cc1N. The number of rotatable bonds is 5. The standard InChI is InChI=1S/C13H21N3O2S/c1-9(10-4-3-5-10)16-11-6-7-13(12(14)8-11)19(17,18)15-2/h6-10,15-16H,3-5,14H2,1-2H3. The normalized spacial score (nSPS) is 17.8. The molecule has 1 aromatic rings. The van der Waals surface area contributed by atoms with Crippen LogP contribution in [0.1, 0.15) is 26.2 Å². The first-order valence-electron chi connectivity index (χ1n) is 6.53. The average Bonchev–Trinajstić information content (AvgIpc) is 2.26. The number of nitrogen functional groups attached to an aromatic ring is 1. The van der Waals surface area contributed by atoms with Gasteiger partial charge in [-0.25, -0.2) is 13.1 Å². The third-order valence-electron chi connectivity index (χ3n) is 3.82. The first-order valence-corrected chi connectivity index (χ1v) is 8.02. The van der Waals surface area contributed by atoms with Gasteiger partial charge in [-0.1, -0.05) is 6.42 Å². The second kappa shape index (κ2) is 5.38. The van der Waals surface area contributed by atoms with Crippen LogP contribution < -0.4 is 15.8 Å². The number of hydrogen-bond donors (Lipinski definition) is 3. The molecule has 0 radical (unpaired) electrons. The van der Waals surface area contributed by atoms with Crippen molar-refractivity contribution in [2.45, 2.75) is 37.1 Å². The van der Waals surface area contributed by atoms with Crippen LogP contribution in [0.15, 0.2) is 23.1 Å². The fraction of sp³-hybridized carbons (Fsp3) is 0.538. The van der Waals surface area contributed by atoms with Gasteiger partial charge in [-0.2, -0.15) is 0 Å². The fourth-order valence-electron chi connectivity index (χ4n) is 2.31. The number of sulfonamides is 1. The molecule has 0 amide bonds. The van der Waals surface area contributed by atoms with Crippen LogP contribution in [-0.2, 0) is 10.0 Å². The number of benzene rings is 1. The number of hydrogen-bond acceptors (Lipinski definition) is 4. The molecule has 1 atom stereocenters. The van der Waals surface area contributed by atoms with E-state index < -0.39 is 10.0 Å². The molecule has 0 heterocycles. The molecule has 4 N–H and O–H groups in total. The molecule has 1 aliphatic rings. The molecule has 1 fully saturated rings. The molecule has 0 aliphatic heterocycles. The zero-order valence-electron chi connectivity index (χ0n) is 11.3. The van der Waals surface area contributed by atoms with E-state index in [4.69, 9.17) is 5.73 Å². The number of nitrogens with one attached hydrogen (secondary N) is 2. The van der Waals surface area contributed by atoms with E-state index in [-0.39, 0.29) is 10.6 Å². The van der Waals surface area contributed by atoms with Crippen molar-refractivity contribution < 1.29 is 8.42 Å². The molecule has 0 bridgehead atoms. The maximum absolute atomic E-state index is 11.7. The Morgan fingerprint density at radius 3 is 2.53 bits per heavy atom. The molecule has 1 aromatic carbocycles. The van der Waals surface area contributed by atoms with Crippen molar-refractivity contribution in [2.75, 3.05) is 18.1 Å². The van der Waals surface area contributed by atoms with Crippen molar-refractivity contribution in [2.24, 2.45) is 5.92 Å². The molecule has 106 valence electrons. The van der Waals surface area contributed by atoms with Gasteiger partial charge in [0.1, 0.15) is 4.90 Å². The van der Waals surface area contributed by atoms with Gasteiger partial charge in [0, 0.05) is 11.7 Å². The fourth-order valence-corrected chi connectivity index (χ4v) is 3.15. The lowest BCUT2D eigenvalue weighted by atomic mass is 9.80. The molecule has 5 nitrogen and oxygen atoms in total. The van der Waals surface area contributed by atoms with E-state index in [0.717, 1.165) is 5.69 Å². The molecule has 2 rings (SSSR count). The van der Waals surface area contributed by atoms with Crippen molar-refractivity contribution in [1.82, 2.24) is 4.72 Å². The Balaban J connectivity index is 2.14. The Bertz CT molecular complexity index is 553. The van der Waals surface area contributed by atoms with Crippen LogP contribution in [0.25, 0.3) is 0 Å². The van der Waals surface area contributed by atoms with Crippen molar-refractivity contribution >= 4 is 21.4 Å². The summed E-state index contributed by atoms with van der Waals surface area (Å²) in [5.74, 6) is 0.710. The maximum Gasteiger partial charge on any atom is 0.242 e. The van der Waals surface area contributed by atoms with Crippen LogP contribution in [0.3, 0.4) is 0 Å². The van der Waals surface area contributed by atoms with Gasteiger partial charge in [0.25, 0.3) is 0 Å². The minimum Gasteiger partial charge on any atom is -0.398 e. The molecule has 6 heteroatoms. The van der Waals surface area contributed by atoms with Gasteiger partial charge < -0.3 is 11.1 Å². The first-order chi connectivity index (χ1) is 8.94. The van der Waals surface area contributed by atoms with Crippen molar-refractivity contribution in [3.05, 3.63) is 18.2 Å². The summed E-state index contributed by atoms with van der Waals surface area (Å²) in [6.45, 7) is 2.15. The van der Waals surface area contributed by atoms with E-state index in [2.05, 4.69) is 17.0 Å². The summed E-state index contributed by atoms with van der Waals surface area (Å²) in [5, 5.41) is 3.39. The Hall–Kier alpha value is -1.27. The van der Waals surface area contributed by atoms with Gasteiger partial charge in [0.2, 0.25) is 10.0 Å². The predicted molar refractivity (Wildman–Crippen MR) is 77.5 cm³/mol. The van der Waals surface area contributed by atoms with Crippen molar-refractivity contribution in [3.63, 3.8) is 0 Å². The van der Waals surface area contributed by atoms with E-state index >= 15 is 0 Å². The monoisotopic (exact) mass is 283 g/mol. The summed E-state index contributed by atoms with van der Waals surface area (Å²) < 4.78 is 25.7. The van der Waals surface area contributed by atoms with E-state index in [1.165, 1.54) is 32.4 Å². The summed E-state index contributed by atoms with van der Waals surface area (Å²) >= 11 is 0. The largest absolute Gasteiger partial charge is 0.398 e. The maximum atomic E-state index is 11.7. The summed E-state index contributed by atoms with van der Waals surface area (Å²) in [7, 11) is -2.11. The van der Waals surface area contributed by atoms with E-state index in [1.54, 1.807) is 12.1 Å². The Morgan fingerprint density at radius 2 is 2.05 bits per heavy atom. The highest BCUT2D eigenvalue weighted by Crippen LogP contribution is 2.31. The first kappa shape index (κ1) is 14.1. The quantitative estimate of drug-likeness (QED) is 0.719.